The normalized spacial score (nSPS) is 9.75. The van der Waals surface area contributed by atoms with Gasteiger partial charge in [-0.3, -0.25) is 4.79 Å². The van der Waals surface area contributed by atoms with Crippen molar-refractivity contribution in [1.29, 1.82) is 0 Å². The third-order valence-electron chi connectivity index (χ3n) is 1.27. The predicted octanol–water partition coefficient (Wildman–Crippen LogP) is 1.04. The standard InChI is InChI=1S/C7H9ClN2OS/c8-5-6(11)9-2-1-7-10-3-4-12-7/h3-4H,1-2,5H2,(H,9,11). The van der Waals surface area contributed by atoms with Crippen LogP contribution in [0.4, 0.5) is 0 Å². The van der Waals surface area contributed by atoms with Gasteiger partial charge >= 0.3 is 0 Å². The molecule has 0 saturated heterocycles. The monoisotopic (exact) mass is 204 g/mol. The molecule has 1 heterocycles. The molecule has 0 radical (unpaired) electrons. The molecule has 0 aliphatic heterocycles. The second-order valence-electron chi connectivity index (χ2n) is 2.16. The molecular weight excluding hydrogens is 196 g/mol. The number of thiazole rings is 1. The third kappa shape index (κ3) is 3.19. The molecule has 1 amide bonds. The van der Waals surface area contributed by atoms with Crippen molar-refractivity contribution in [2.45, 2.75) is 6.42 Å². The van der Waals surface area contributed by atoms with Crippen molar-refractivity contribution in [2.24, 2.45) is 0 Å². The number of nitrogens with zero attached hydrogens (tertiary/aromatic N) is 1. The van der Waals surface area contributed by atoms with Crippen molar-refractivity contribution < 1.29 is 4.79 Å². The van der Waals surface area contributed by atoms with Gasteiger partial charge in [-0.1, -0.05) is 0 Å². The SMILES string of the molecule is O=C(CCl)NCCc1nccs1. The Bertz CT molecular complexity index is 238. The molecule has 0 fully saturated rings. The van der Waals surface area contributed by atoms with E-state index < -0.39 is 0 Å². The van der Waals surface area contributed by atoms with E-state index in [1.807, 2.05) is 5.38 Å². The molecule has 1 aromatic heterocycles. The number of halogens is 1. The number of hydrogen-bond acceptors (Lipinski definition) is 3. The van der Waals surface area contributed by atoms with Gasteiger partial charge < -0.3 is 5.32 Å². The van der Waals surface area contributed by atoms with Gasteiger partial charge in [-0.15, -0.1) is 22.9 Å². The van der Waals surface area contributed by atoms with Gasteiger partial charge in [0.1, 0.15) is 5.88 Å². The first-order valence-corrected chi connectivity index (χ1v) is 4.95. The molecule has 3 nitrogen and oxygen atoms in total. The Labute approximate surface area is 79.8 Å². The van der Waals surface area contributed by atoms with Crippen LogP contribution in [-0.2, 0) is 11.2 Å². The van der Waals surface area contributed by atoms with Crippen LogP contribution in [0.1, 0.15) is 5.01 Å². The van der Waals surface area contributed by atoms with E-state index in [1.54, 1.807) is 17.5 Å². The minimum Gasteiger partial charge on any atom is -0.355 e. The van der Waals surface area contributed by atoms with E-state index in [0.717, 1.165) is 11.4 Å². The smallest absolute Gasteiger partial charge is 0.234 e. The Balaban J connectivity index is 2.15. The van der Waals surface area contributed by atoms with Crippen molar-refractivity contribution in [3.63, 3.8) is 0 Å². The van der Waals surface area contributed by atoms with Gasteiger partial charge in [-0.05, 0) is 0 Å². The summed E-state index contributed by atoms with van der Waals surface area (Å²) >= 11 is 6.87. The van der Waals surface area contributed by atoms with Gasteiger partial charge in [0.05, 0.1) is 5.01 Å². The highest BCUT2D eigenvalue weighted by Crippen LogP contribution is 2.03. The summed E-state index contributed by atoms with van der Waals surface area (Å²) in [6.45, 7) is 0.610. The van der Waals surface area contributed by atoms with Crippen molar-refractivity contribution >= 4 is 28.8 Å². The first-order chi connectivity index (χ1) is 5.83. The summed E-state index contributed by atoms with van der Waals surface area (Å²) in [5.41, 5.74) is 0. The highest BCUT2D eigenvalue weighted by molar-refractivity contribution is 7.09. The Morgan fingerprint density at radius 2 is 2.58 bits per heavy atom. The molecule has 0 saturated carbocycles. The van der Waals surface area contributed by atoms with Gasteiger partial charge in [-0.25, -0.2) is 4.98 Å². The van der Waals surface area contributed by atoms with Gasteiger partial charge in [0.2, 0.25) is 5.91 Å². The van der Waals surface area contributed by atoms with Gasteiger partial charge in [0.15, 0.2) is 0 Å². The molecule has 0 aromatic carbocycles. The lowest BCUT2D eigenvalue weighted by atomic mass is 10.4. The quantitative estimate of drug-likeness (QED) is 0.745. The summed E-state index contributed by atoms with van der Waals surface area (Å²) in [6.07, 6.45) is 2.53. The second-order valence-corrected chi connectivity index (χ2v) is 3.41. The molecule has 0 aliphatic carbocycles. The van der Waals surface area contributed by atoms with Crippen molar-refractivity contribution in [1.82, 2.24) is 10.3 Å². The molecule has 0 atom stereocenters. The number of nitrogens with one attached hydrogen (secondary N) is 1. The van der Waals surface area contributed by atoms with Gasteiger partial charge in [0.25, 0.3) is 0 Å². The van der Waals surface area contributed by atoms with Gasteiger partial charge in [0, 0.05) is 24.5 Å². The Morgan fingerprint density at radius 1 is 1.75 bits per heavy atom. The Kier molecular flexibility index (Phi) is 4.04. The van der Waals surface area contributed by atoms with E-state index in [9.17, 15) is 4.79 Å². The molecule has 1 aromatic rings. The number of hydrogen-bond donors (Lipinski definition) is 1. The number of alkyl halides is 1. The predicted molar refractivity (Wildman–Crippen MR) is 49.5 cm³/mol. The zero-order valence-corrected chi connectivity index (χ0v) is 7.99. The van der Waals surface area contributed by atoms with Gasteiger partial charge in [-0.2, -0.15) is 0 Å². The molecular formula is C7H9ClN2OS. The zero-order chi connectivity index (χ0) is 8.81. The lowest BCUT2D eigenvalue weighted by Gasteiger charge is -1.99. The molecule has 1 rings (SSSR count). The Morgan fingerprint density at radius 3 is 3.17 bits per heavy atom. The van der Waals surface area contributed by atoms with E-state index in [0.29, 0.717) is 6.54 Å². The first kappa shape index (κ1) is 9.48. The van der Waals surface area contributed by atoms with E-state index in [2.05, 4.69) is 10.3 Å². The van der Waals surface area contributed by atoms with Crippen LogP contribution in [0.25, 0.3) is 0 Å². The molecule has 12 heavy (non-hydrogen) atoms. The average molecular weight is 205 g/mol. The lowest BCUT2D eigenvalue weighted by molar-refractivity contribution is -0.118. The average Bonchev–Trinajstić information content (AvgIpc) is 2.57. The molecule has 0 bridgehead atoms. The Hall–Kier alpha value is -0.610. The van der Waals surface area contributed by atoms with Crippen molar-refractivity contribution in [3.05, 3.63) is 16.6 Å². The van der Waals surface area contributed by atoms with Crippen LogP contribution in [0.15, 0.2) is 11.6 Å². The molecule has 0 spiro atoms. The minimum atomic E-state index is -0.131. The van der Waals surface area contributed by atoms with E-state index in [4.69, 9.17) is 11.6 Å². The summed E-state index contributed by atoms with van der Waals surface area (Å²) in [4.78, 5) is 14.8. The number of carbonyl (C=O) groups is 1. The number of amides is 1. The topological polar surface area (TPSA) is 42.0 Å². The van der Waals surface area contributed by atoms with Crippen LogP contribution in [0.3, 0.4) is 0 Å². The summed E-state index contributed by atoms with van der Waals surface area (Å²) in [5, 5.41) is 5.61. The maximum atomic E-state index is 10.7. The second kappa shape index (κ2) is 5.11. The maximum Gasteiger partial charge on any atom is 0.234 e. The fourth-order valence-electron chi connectivity index (χ4n) is 0.733. The van der Waals surface area contributed by atoms with E-state index in [-0.39, 0.29) is 11.8 Å². The van der Waals surface area contributed by atoms with Crippen molar-refractivity contribution in [3.8, 4) is 0 Å². The number of carbonyl (C=O) groups excluding carboxylic acids is 1. The van der Waals surface area contributed by atoms with Crippen LogP contribution >= 0.6 is 22.9 Å². The third-order valence-corrected chi connectivity index (χ3v) is 2.35. The zero-order valence-electron chi connectivity index (χ0n) is 6.42. The molecule has 5 heteroatoms. The number of aromatic nitrogens is 1. The fraction of sp³-hybridized carbons (Fsp3) is 0.429. The minimum absolute atomic E-state index is 0.0257. The van der Waals surface area contributed by atoms with Crippen LogP contribution < -0.4 is 5.32 Å². The van der Waals surface area contributed by atoms with Crippen LogP contribution in [0.5, 0.6) is 0 Å². The highest BCUT2D eigenvalue weighted by atomic mass is 35.5. The molecule has 0 unspecified atom stereocenters. The van der Waals surface area contributed by atoms with Crippen molar-refractivity contribution in [2.75, 3.05) is 12.4 Å². The van der Waals surface area contributed by atoms with Crippen LogP contribution in [0, 0.1) is 0 Å². The van der Waals surface area contributed by atoms with Crippen LogP contribution in [-0.4, -0.2) is 23.3 Å². The lowest BCUT2D eigenvalue weighted by Crippen LogP contribution is -2.26. The van der Waals surface area contributed by atoms with E-state index >= 15 is 0 Å². The summed E-state index contributed by atoms with van der Waals surface area (Å²) in [5.74, 6) is -0.106. The number of rotatable bonds is 4. The largest absolute Gasteiger partial charge is 0.355 e. The maximum absolute atomic E-state index is 10.7. The molecule has 0 aliphatic rings. The fourth-order valence-corrected chi connectivity index (χ4v) is 1.45. The summed E-state index contributed by atoms with van der Waals surface area (Å²) in [6, 6.07) is 0. The highest BCUT2D eigenvalue weighted by Gasteiger charge is 1.98. The summed E-state index contributed by atoms with van der Waals surface area (Å²) < 4.78 is 0. The summed E-state index contributed by atoms with van der Waals surface area (Å²) in [7, 11) is 0. The molecule has 1 N–H and O–H groups in total. The first-order valence-electron chi connectivity index (χ1n) is 3.54. The molecule has 66 valence electrons. The van der Waals surface area contributed by atoms with E-state index in [1.165, 1.54) is 0 Å². The van der Waals surface area contributed by atoms with Crippen LogP contribution in [0.2, 0.25) is 0 Å².